The highest BCUT2D eigenvalue weighted by molar-refractivity contribution is 5.82. The van der Waals surface area contributed by atoms with Crippen LogP contribution in [0.1, 0.15) is 19.8 Å². The van der Waals surface area contributed by atoms with Gasteiger partial charge in [0.25, 0.3) is 0 Å². The van der Waals surface area contributed by atoms with E-state index in [2.05, 4.69) is 5.32 Å². The molecular formula is C9H18N2O4. The minimum absolute atomic E-state index is 0.0972. The lowest BCUT2D eigenvalue weighted by molar-refractivity contribution is -0.137. The summed E-state index contributed by atoms with van der Waals surface area (Å²) in [5.41, 5.74) is 5.46. The third-order valence-electron chi connectivity index (χ3n) is 1.76. The van der Waals surface area contributed by atoms with Gasteiger partial charge in [-0.2, -0.15) is 0 Å². The van der Waals surface area contributed by atoms with E-state index in [4.69, 9.17) is 15.6 Å². The van der Waals surface area contributed by atoms with Crippen LogP contribution in [0.3, 0.4) is 0 Å². The van der Waals surface area contributed by atoms with E-state index >= 15 is 0 Å². The molecule has 0 rings (SSSR count). The summed E-state index contributed by atoms with van der Waals surface area (Å²) in [5, 5.41) is 10.9. The minimum atomic E-state index is -0.951. The maximum Gasteiger partial charge on any atom is 0.303 e. The van der Waals surface area contributed by atoms with Crippen LogP contribution in [0.4, 0.5) is 0 Å². The summed E-state index contributed by atoms with van der Waals surface area (Å²) in [4.78, 5) is 21.5. The van der Waals surface area contributed by atoms with Crippen LogP contribution < -0.4 is 11.1 Å². The Labute approximate surface area is 88.8 Å². The number of amides is 1. The van der Waals surface area contributed by atoms with Gasteiger partial charge in [0.2, 0.25) is 5.91 Å². The summed E-state index contributed by atoms with van der Waals surface area (Å²) < 4.78 is 5.01. The average molecular weight is 218 g/mol. The number of aliphatic carboxylic acids is 1. The normalized spacial score (nSPS) is 12.1. The standard InChI is InChI=1S/C9H18N2O4/c1-2-15-6-5-11-9(14)7(10)3-4-8(12)13/h7H,2-6,10H2,1H3,(H,11,14)(H,12,13). The van der Waals surface area contributed by atoms with Gasteiger partial charge in [-0.1, -0.05) is 0 Å². The molecule has 1 unspecified atom stereocenters. The Balaban J connectivity index is 3.55. The van der Waals surface area contributed by atoms with E-state index in [1.54, 1.807) is 0 Å². The zero-order valence-electron chi connectivity index (χ0n) is 8.86. The van der Waals surface area contributed by atoms with Crippen LogP contribution in [0.5, 0.6) is 0 Å². The first-order chi connectivity index (χ1) is 7.07. The molecule has 1 amide bonds. The van der Waals surface area contributed by atoms with Crippen molar-refractivity contribution in [3.8, 4) is 0 Å². The summed E-state index contributed by atoms with van der Waals surface area (Å²) in [7, 11) is 0. The molecular weight excluding hydrogens is 200 g/mol. The molecule has 0 aromatic heterocycles. The number of rotatable bonds is 8. The maximum atomic E-state index is 11.2. The highest BCUT2D eigenvalue weighted by Crippen LogP contribution is 1.94. The fraction of sp³-hybridized carbons (Fsp3) is 0.778. The van der Waals surface area contributed by atoms with Crippen molar-refractivity contribution in [3.05, 3.63) is 0 Å². The van der Waals surface area contributed by atoms with Gasteiger partial charge >= 0.3 is 5.97 Å². The predicted octanol–water partition coefficient (Wildman–Crippen LogP) is -0.669. The van der Waals surface area contributed by atoms with Gasteiger partial charge in [-0.25, -0.2) is 0 Å². The minimum Gasteiger partial charge on any atom is -0.481 e. The van der Waals surface area contributed by atoms with Crippen molar-refractivity contribution < 1.29 is 19.4 Å². The molecule has 0 saturated carbocycles. The quantitative estimate of drug-likeness (QED) is 0.469. The highest BCUT2D eigenvalue weighted by atomic mass is 16.5. The molecule has 0 aliphatic carbocycles. The second-order valence-electron chi connectivity index (χ2n) is 3.03. The van der Waals surface area contributed by atoms with E-state index in [-0.39, 0.29) is 18.7 Å². The van der Waals surface area contributed by atoms with Crippen molar-refractivity contribution in [1.82, 2.24) is 5.32 Å². The largest absolute Gasteiger partial charge is 0.481 e. The van der Waals surface area contributed by atoms with Gasteiger partial charge in [0.15, 0.2) is 0 Å². The van der Waals surface area contributed by atoms with Crippen molar-refractivity contribution in [1.29, 1.82) is 0 Å². The molecule has 0 aromatic rings. The van der Waals surface area contributed by atoms with Gasteiger partial charge in [-0.3, -0.25) is 9.59 Å². The Hall–Kier alpha value is -1.14. The first-order valence-corrected chi connectivity index (χ1v) is 4.90. The zero-order valence-corrected chi connectivity index (χ0v) is 8.86. The van der Waals surface area contributed by atoms with Crippen LogP contribution in [-0.4, -0.2) is 42.8 Å². The number of ether oxygens (including phenoxy) is 1. The molecule has 0 radical (unpaired) electrons. The molecule has 15 heavy (non-hydrogen) atoms. The van der Waals surface area contributed by atoms with E-state index < -0.39 is 12.0 Å². The van der Waals surface area contributed by atoms with Crippen LogP contribution in [0.15, 0.2) is 0 Å². The van der Waals surface area contributed by atoms with E-state index in [0.29, 0.717) is 19.8 Å². The first kappa shape index (κ1) is 13.9. The molecule has 0 aliphatic heterocycles. The number of carbonyl (C=O) groups is 2. The molecule has 4 N–H and O–H groups in total. The lowest BCUT2D eigenvalue weighted by Crippen LogP contribution is -2.42. The second kappa shape index (κ2) is 8.19. The summed E-state index contributed by atoms with van der Waals surface area (Å²) in [6.07, 6.45) is 0.0514. The Morgan fingerprint density at radius 1 is 1.53 bits per heavy atom. The zero-order chi connectivity index (χ0) is 11.7. The third kappa shape index (κ3) is 7.90. The number of carboxylic acids is 1. The molecule has 6 nitrogen and oxygen atoms in total. The number of hydrogen-bond acceptors (Lipinski definition) is 4. The summed E-state index contributed by atoms with van der Waals surface area (Å²) >= 11 is 0. The number of carbonyl (C=O) groups excluding carboxylic acids is 1. The lowest BCUT2D eigenvalue weighted by Gasteiger charge is -2.10. The number of carboxylic acid groups (broad SMARTS) is 1. The molecule has 0 aromatic carbocycles. The molecule has 0 aliphatic rings. The molecule has 88 valence electrons. The van der Waals surface area contributed by atoms with Crippen LogP contribution >= 0.6 is 0 Å². The third-order valence-corrected chi connectivity index (χ3v) is 1.76. The monoisotopic (exact) mass is 218 g/mol. The van der Waals surface area contributed by atoms with Crippen LogP contribution in [0.2, 0.25) is 0 Å². The van der Waals surface area contributed by atoms with Crippen molar-refractivity contribution in [2.24, 2.45) is 5.73 Å². The number of nitrogens with one attached hydrogen (secondary N) is 1. The van der Waals surface area contributed by atoms with E-state index in [1.807, 2.05) is 6.92 Å². The van der Waals surface area contributed by atoms with Crippen molar-refractivity contribution in [2.45, 2.75) is 25.8 Å². The Morgan fingerprint density at radius 2 is 2.20 bits per heavy atom. The predicted molar refractivity (Wildman–Crippen MR) is 54.3 cm³/mol. The van der Waals surface area contributed by atoms with E-state index in [0.717, 1.165) is 0 Å². The fourth-order valence-electron chi connectivity index (χ4n) is 0.932. The topological polar surface area (TPSA) is 102 Å². The fourth-order valence-corrected chi connectivity index (χ4v) is 0.932. The summed E-state index contributed by atoms with van der Waals surface area (Å²) in [5.74, 6) is -1.29. The highest BCUT2D eigenvalue weighted by Gasteiger charge is 2.13. The molecule has 0 spiro atoms. The molecule has 0 fully saturated rings. The average Bonchev–Trinajstić information content (AvgIpc) is 2.20. The second-order valence-corrected chi connectivity index (χ2v) is 3.03. The van der Waals surface area contributed by atoms with Gasteiger partial charge in [0, 0.05) is 19.6 Å². The van der Waals surface area contributed by atoms with Crippen LogP contribution in [0, 0.1) is 0 Å². The smallest absolute Gasteiger partial charge is 0.303 e. The molecule has 1 atom stereocenters. The van der Waals surface area contributed by atoms with Gasteiger partial charge in [-0.15, -0.1) is 0 Å². The van der Waals surface area contributed by atoms with Crippen molar-refractivity contribution in [2.75, 3.05) is 19.8 Å². The molecule has 0 heterocycles. The van der Waals surface area contributed by atoms with Crippen molar-refractivity contribution in [3.63, 3.8) is 0 Å². The van der Waals surface area contributed by atoms with Gasteiger partial charge in [-0.05, 0) is 13.3 Å². The molecule has 0 saturated heterocycles. The van der Waals surface area contributed by atoms with E-state index in [9.17, 15) is 9.59 Å². The van der Waals surface area contributed by atoms with Gasteiger partial charge in [0.05, 0.1) is 12.6 Å². The Morgan fingerprint density at radius 3 is 2.73 bits per heavy atom. The Bertz CT molecular complexity index is 208. The lowest BCUT2D eigenvalue weighted by atomic mass is 10.1. The Kier molecular flexibility index (Phi) is 7.57. The number of nitrogens with two attached hydrogens (primary N) is 1. The van der Waals surface area contributed by atoms with Gasteiger partial charge in [0.1, 0.15) is 0 Å². The van der Waals surface area contributed by atoms with Crippen molar-refractivity contribution >= 4 is 11.9 Å². The first-order valence-electron chi connectivity index (χ1n) is 4.90. The SMILES string of the molecule is CCOCCNC(=O)C(N)CCC(=O)O. The molecule has 6 heteroatoms. The van der Waals surface area contributed by atoms with E-state index in [1.165, 1.54) is 0 Å². The summed E-state index contributed by atoms with van der Waals surface area (Å²) in [6.45, 7) is 3.29. The number of hydrogen-bond donors (Lipinski definition) is 3. The van der Waals surface area contributed by atoms with Crippen LogP contribution in [0.25, 0.3) is 0 Å². The summed E-state index contributed by atoms with van der Waals surface area (Å²) in [6, 6.07) is -0.761. The van der Waals surface area contributed by atoms with Gasteiger partial charge < -0.3 is 20.9 Å². The maximum absolute atomic E-state index is 11.2. The molecule has 0 bridgehead atoms. The van der Waals surface area contributed by atoms with Crippen LogP contribution in [-0.2, 0) is 14.3 Å².